The van der Waals surface area contributed by atoms with Gasteiger partial charge in [0.05, 0.1) is 12.2 Å². The van der Waals surface area contributed by atoms with E-state index in [1.165, 1.54) is 10.4 Å². The van der Waals surface area contributed by atoms with E-state index in [2.05, 4.69) is 26.1 Å². The normalized spacial score (nSPS) is 16.1. The van der Waals surface area contributed by atoms with Crippen molar-refractivity contribution >= 4 is 31.6 Å². The van der Waals surface area contributed by atoms with Crippen LogP contribution in [-0.2, 0) is 23.1 Å². The van der Waals surface area contributed by atoms with Crippen LogP contribution in [-0.4, -0.2) is 34.0 Å². The van der Waals surface area contributed by atoms with E-state index in [9.17, 15) is 8.42 Å². The molecule has 1 aromatic carbocycles. The third-order valence-electron chi connectivity index (χ3n) is 3.19. The Morgan fingerprint density at radius 3 is 2.85 bits per heavy atom. The highest BCUT2D eigenvalue weighted by Crippen LogP contribution is 2.27. The average Bonchev–Trinajstić information content (AvgIpc) is 2.85. The van der Waals surface area contributed by atoms with Crippen LogP contribution in [0, 0.1) is 0 Å². The summed E-state index contributed by atoms with van der Waals surface area (Å²) in [5.74, 6) is 0.635. The number of nitrogen functional groups attached to an aromatic ring is 1. The summed E-state index contributed by atoms with van der Waals surface area (Å²) in [5, 5.41) is 7.70. The van der Waals surface area contributed by atoms with Crippen molar-refractivity contribution in [2.75, 3.05) is 12.3 Å². The highest BCUT2D eigenvalue weighted by molar-refractivity contribution is 9.10. The molecule has 3 rings (SSSR count). The molecule has 0 spiro atoms. The molecule has 0 amide bonds. The molecule has 0 unspecified atom stereocenters. The van der Waals surface area contributed by atoms with Crippen LogP contribution in [0.15, 0.2) is 33.9 Å². The summed E-state index contributed by atoms with van der Waals surface area (Å²) in [6.07, 6.45) is 1.60. The molecule has 1 aromatic heterocycles. The van der Waals surface area contributed by atoms with E-state index in [0.29, 0.717) is 18.9 Å². The number of fused-ring (bicyclic) bond motifs is 1. The lowest BCUT2D eigenvalue weighted by Gasteiger charge is -2.26. The predicted molar refractivity (Wildman–Crippen MR) is 76.2 cm³/mol. The third kappa shape index (κ3) is 2.21. The van der Waals surface area contributed by atoms with Crippen LogP contribution in [0.4, 0.5) is 5.69 Å². The monoisotopic (exact) mass is 357 g/mol. The number of aromatic nitrogens is 3. The summed E-state index contributed by atoms with van der Waals surface area (Å²) >= 11 is 3.27. The standard InChI is InChI=1S/C11H12BrN5O2S/c12-8-1-2-10(9(13)5-8)20(18,19)17-4-3-16-7-14-15-11(16)6-17/h1-2,5,7H,3-4,6,13H2. The van der Waals surface area contributed by atoms with Gasteiger partial charge in [-0.15, -0.1) is 10.2 Å². The zero-order valence-electron chi connectivity index (χ0n) is 10.4. The van der Waals surface area contributed by atoms with Gasteiger partial charge in [0.15, 0.2) is 0 Å². The van der Waals surface area contributed by atoms with Gasteiger partial charge in [-0.1, -0.05) is 15.9 Å². The number of hydrogen-bond acceptors (Lipinski definition) is 5. The average molecular weight is 358 g/mol. The van der Waals surface area contributed by atoms with E-state index in [4.69, 9.17) is 5.73 Å². The van der Waals surface area contributed by atoms with Crippen molar-refractivity contribution in [3.8, 4) is 0 Å². The SMILES string of the molecule is Nc1cc(Br)ccc1S(=O)(=O)N1CCn2cnnc2C1. The quantitative estimate of drug-likeness (QED) is 0.803. The van der Waals surface area contributed by atoms with Gasteiger partial charge >= 0.3 is 0 Å². The lowest BCUT2D eigenvalue weighted by Crippen LogP contribution is -2.38. The zero-order chi connectivity index (χ0) is 14.3. The number of hydrogen-bond donors (Lipinski definition) is 1. The van der Waals surface area contributed by atoms with Crippen LogP contribution in [0.25, 0.3) is 0 Å². The van der Waals surface area contributed by atoms with E-state index in [1.54, 1.807) is 18.5 Å². The number of nitrogens with zero attached hydrogens (tertiary/aromatic N) is 4. The summed E-state index contributed by atoms with van der Waals surface area (Å²) in [7, 11) is -3.62. The summed E-state index contributed by atoms with van der Waals surface area (Å²) in [6.45, 7) is 1.12. The summed E-state index contributed by atoms with van der Waals surface area (Å²) in [5.41, 5.74) is 6.05. The molecule has 0 saturated carbocycles. The van der Waals surface area contributed by atoms with Crippen LogP contribution in [0.2, 0.25) is 0 Å². The molecule has 0 aliphatic carbocycles. The number of nitrogens with two attached hydrogens (primary N) is 1. The molecule has 7 nitrogen and oxygen atoms in total. The first-order chi connectivity index (χ1) is 9.48. The predicted octanol–water partition coefficient (Wildman–Crippen LogP) is 0.827. The van der Waals surface area contributed by atoms with Crippen LogP contribution < -0.4 is 5.73 Å². The molecule has 0 saturated heterocycles. The maximum Gasteiger partial charge on any atom is 0.245 e. The van der Waals surface area contributed by atoms with Gasteiger partial charge in [0, 0.05) is 17.6 Å². The second-order valence-electron chi connectivity index (χ2n) is 4.46. The van der Waals surface area contributed by atoms with Gasteiger partial charge in [-0.2, -0.15) is 4.31 Å². The van der Waals surface area contributed by atoms with E-state index in [0.717, 1.165) is 4.47 Å². The Morgan fingerprint density at radius 2 is 2.10 bits per heavy atom. The molecule has 2 aromatic rings. The van der Waals surface area contributed by atoms with Gasteiger partial charge in [0.1, 0.15) is 17.0 Å². The number of halogens is 1. The maximum atomic E-state index is 12.6. The summed E-state index contributed by atoms with van der Waals surface area (Å²) < 4.78 is 29.2. The topological polar surface area (TPSA) is 94.1 Å². The Morgan fingerprint density at radius 1 is 1.30 bits per heavy atom. The Kier molecular flexibility index (Phi) is 3.27. The van der Waals surface area contributed by atoms with Gasteiger partial charge in [0.2, 0.25) is 10.0 Å². The largest absolute Gasteiger partial charge is 0.398 e. The Bertz CT molecular complexity index is 758. The molecule has 9 heteroatoms. The fourth-order valence-corrected chi connectivity index (χ4v) is 4.00. The first kappa shape index (κ1) is 13.5. The smallest absolute Gasteiger partial charge is 0.245 e. The molecular formula is C11H12BrN5O2S. The fraction of sp³-hybridized carbons (Fsp3) is 0.273. The number of sulfonamides is 1. The Labute approximate surface area is 124 Å². The van der Waals surface area contributed by atoms with Gasteiger partial charge in [-0.25, -0.2) is 8.42 Å². The van der Waals surface area contributed by atoms with Crippen LogP contribution in [0.1, 0.15) is 5.82 Å². The Balaban J connectivity index is 1.97. The summed E-state index contributed by atoms with van der Waals surface area (Å²) in [4.78, 5) is 0.119. The minimum Gasteiger partial charge on any atom is -0.398 e. The molecule has 2 heterocycles. The van der Waals surface area contributed by atoms with E-state index in [-0.39, 0.29) is 17.1 Å². The number of rotatable bonds is 2. The van der Waals surface area contributed by atoms with Crippen molar-refractivity contribution in [3.63, 3.8) is 0 Å². The zero-order valence-corrected chi connectivity index (χ0v) is 12.8. The first-order valence-corrected chi connectivity index (χ1v) is 8.13. The Hall–Kier alpha value is -1.45. The third-order valence-corrected chi connectivity index (χ3v) is 5.61. The highest BCUT2D eigenvalue weighted by Gasteiger charge is 2.30. The lowest BCUT2D eigenvalue weighted by molar-refractivity contribution is 0.335. The fourth-order valence-electron chi connectivity index (χ4n) is 2.14. The molecule has 0 bridgehead atoms. The molecular weight excluding hydrogens is 346 g/mol. The lowest BCUT2D eigenvalue weighted by atomic mass is 10.3. The second-order valence-corrected chi connectivity index (χ2v) is 7.28. The molecule has 1 aliphatic rings. The molecule has 0 fully saturated rings. The van der Waals surface area contributed by atoms with Crippen molar-refractivity contribution in [2.45, 2.75) is 18.0 Å². The van der Waals surface area contributed by atoms with Crippen molar-refractivity contribution in [1.29, 1.82) is 0 Å². The minimum absolute atomic E-state index is 0.119. The highest BCUT2D eigenvalue weighted by atomic mass is 79.9. The molecule has 106 valence electrons. The first-order valence-electron chi connectivity index (χ1n) is 5.90. The molecule has 0 atom stereocenters. The summed E-state index contributed by atoms with van der Waals surface area (Å²) in [6, 6.07) is 4.75. The van der Waals surface area contributed by atoms with Gasteiger partial charge in [0.25, 0.3) is 0 Å². The van der Waals surface area contributed by atoms with Crippen molar-refractivity contribution in [1.82, 2.24) is 19.1 Å². The molecule has 20 heavy (non-hydrogen) atoms. The maximum absolute atomic E-state index is 12.6. The van der Waals surface area contributed by atoms with Gasteiger partial charge in [-0.05, 0) is 18.2 Å². The van der Waals surface area contributed by atoms with E-state index in [1.807, 2.05) is 4.57 Å². The van der Waals surface area contributed by atoms with Crippen molar-refractivity contribution in [3.05, 3.63) is 34.8 Å². The van der Waals surface area contributed by atoms with Crippen molar-refractivity contribution in [2.24, 2.45) is 0 Å². The molecule has 0 radical (unpaired) electrons. The van der Waals surface area contributed by atoms with Gasteiger partial charge in [-0.3, -0.25) is 0 Å². The van der Waals surface area contributed by atoms with Crippen molar-refractivity contribution < 1.29 is 8.42 Å². The van der Waals surface area contributed by atoms with Crippen LogP contribution >= 0.6 is 15.9 Å². The number of benzene rings is 1. The number of anilines is 1. The molecule has 2 N–H and O–H groups in total. The minimum atomic E-state index is -3.62. The van der Waals surface area contributed by atoms with E-state index >= 15 is 0 Å². The van der Waals surface area contributed by atoms with E-state index < -0.39 is 10.0 Å². The van der Waals surface area contributed by atoms with Crippen LogP contribution in [0.3, 0.4) is 0 Å². The van der Waals surface area contributed by atoms with Crippen LogP contribution in [0.5, 0.6) is 0 Å². The molecule has 1 aliphatic heterocycles. The second kappa shape index (κ2) is 4.83. The van der Waals surface area contributed by atoms with Gasteiger partial charge < -0.3 is 10.3 Å².